The third kappa shape index (κ3) is 3.99. The highest BCUT2D eigenvalue weighted by atomic mass is 32.1. The summed E-state index contributed by atoms with van der Waals surface area (Å²) < 4.78 is 32.2. The molecule has 1 aromatic heterocycles. The number of nitrogens with zero attached hydrogens (tertiary/aromatic N) is 1. The maximum Gasteiger partial charge on any atom is 0.261 e. The Kier molecular flexibility index (Phi) is 5.14. The van der Waals surface area contributed by atoms with Crippen molar-refractivity contribution in [2.75, 3.05) is 19.7 Å². The predicted octanol–water partition coefficient (Wildman–Crippen LogP) is 3.58. The monoisotopic (exact) mass is 392 g/mol. The number of hydrogen-bond donors (Lipinski definition) is 1. The number of hydrogen-bond acceptors (Lipinski definition) is 4. The van der Waals surface area contributed by atoms with E-state index < -0.39 is 11.6 Å². The Labute approximate surface area is 161 Å². The first kappa shape index (κ1) is 18.4. The first-order valence-electron chi connectivity index (χ1n) is 9.16. The van der Waals surface area contributed by atoms with E-state index >= 15 is 0 Å². The normalized spacial score (nSPS) is 20.4. The highest BCUT2D eigenvalue weighted by Gasteiger charge is 2.57. The van der Waals surface area contributed by atoms with Gasteiger partial charge in [0.15, 0.2) is 18.2 Å². The molecule has 2 aliphatic rings. The van der Waals surface area contributed by atoms with Crippen molar-refractivity contribution in [3.05, 3.63) is 52.2 Å². The summed E-state index contributed by atoms with van der Waals surface area (Å²) in [6.45, 7) is 2.25. The third-order valence-electron chi connectivity index (χ3n) is 5.62. The second-order valence-electron chi connectivity index (χ2n) is 7.35. The van der Waals surface area contributed by atoms with Gasteiger partial charge in [0, 0.05) is 18.7 Å². The van der Waals surface area contributed by atoms with Crippen molar-refractivity contribution in [2.45, 2.75) is 31.8 Å². The van der Waals surface area contributed by atoms with Crippen LogP contribution in [0, 0.1) is 17.0 Å². The lowest BCUT2D eigenvalue weighted by atomic mass is 9.93. The molecule has 1 amide bonds. The van der Waals surface area contributed by atoms with Crippen LogP contribution in [0.15, 0.2) is 35.0 Å². The Morgan fingerprint density at radius 2 is 2.11 bits per heavy atom. The Bertz CT molecular complexity index is 806. The number of halogens is 2. The summed E-state index contributed by atoms with van der Waals surface area (Å²) in [4.78, 5) is 14.8. The lowest BCUT2D eigenvalue weighted by Crippen LogP contribution is -2.41. The van der Waals surface area contributed by atoms with Gasteiger partial charge in [-0.05, 0) is 72.3 Å². The third-order valence-corrected chi connectivity index (χ3v) is 6.35. The van der Waals surface area contributed by atoms with Crippen molar-refractivity contribution in [3.8, 4) is 5.75 Å². The molecule has 1 aliphatic carbocycles. The number of nitrogens with one attached hydrogen (secondary N) is 1. The topological polar surface area (TPSA) is 41.6 Å². The van der Waals surface area contributed by atoms with Crippen LogP contribution in [0.2, 0.25) is 0 Å². The standard InChI is InChI=1S/C20H22F2N2O2S/c21-15-1-2-17(16(22)9-15)26-12-19(25)24(11-14-3-8-27-13-14)18-10-20(18)4-6-23-7-5-20/h1-3,8-9,13,18,23H,4-7,10-12H2. The molecule has 1 N–H and O–H groups in total. The number of carbonyl (C=O) groups excluding carboxylic acids is 1. The fourth-order valence-electron chi connectivity index (χ4n) is 4.00. The summed E-state index contributed by atoms with van der Waals surface area (Å²) in [6, 6.07) is 5.31. The molecule has 1 aromatic carbocycles. The molecule has 4 nitrogen and oxygen atoms in total. The Morgan fingerprint density at radius 1 is 1.30 bits per heavy atom. The number of rotatable bonds is 6. The van der Waals surface area contributed by atoms with Gasteiger partial charge in [0.05, 0.1) is 0 Å². The molecule has 1 unspecified atom stereocenters. The molecule has 0 radical (unpaired) electrons. The number of thiophene rings is 1. The molecule has 2 aromatic rings. The summed E-state index contributed by atoms with van der Waals surface area (Å²) in [7, 11) is 0. The van der Waals surface area contributed by atoms with E-state index in [1.165, 1.54) is 6.07 Å². The van der Waals surface area contributed by atoms with Gasteiger partial charge < -0.3 is 15.0 Å². The van der Waals surface area contributed by atoms with Gasteiger partial charge in [-0.1, -0.05) is 0 Å². The van der Waals surface area contributed by atoms with Gasteiger partial charge in [-0.15, -0.1) is 0 Å². The van der Waals surface area contributed by atoms with E-state index in [9.17, 15) is 13.6 Å². The van der Waals surface area contributed by atoms with E-state index in [2.05, 4.69) is 5.32 Å². The highest BCUT2D eigenvalue weighted by molar-refractivity contribution is 7.07. The minimum atomic E-state index is -0.798. The Morgan fingerprint density at radius 3 is 2.81 bits per heavy atom. The Balaban J connectivity index is 1.45. The number of ether oxygens (including phenoxy) is 1. The molecule has 2 fully saturated rings. The average Bonchev–Trinajstić information content (AvgIpc) is 3.08. The first-order valence-corrected chi connectivity index (χ1v) is 10.1. The van der Waals surface area contributed by atoms with Crippen molar-refractivity contribution in [1.82, 2.24) is 10.2 Å². The number of benzene rings is 1. The zero-order chi connectivity index (χ0) is 18.9. The molecular weight excluding hydrogens is 370 g/mol. The summed E-state index contributed by atoms with van der Waals surface area (Å²) >= 11 is 1.60. The molecule has 0 bridgehead atoms. The van der Waals surface area contributed by atoms with Crippen LogP contribution in [0.5, 0.6) is 5.75 Å². The van der Waals surface area contributed by atoms with Gasteiger partial charge >= 0.3 is 0 Å². The van der Waals surface area contributed by atoms with E-state index in [1.54, 1.807) is 11.3 Å². The molecule has 1 saturated heterocycles. The van der Waals surface area contributed by atoms with Gasteiger partial charge in [0.25, 0.3) is 5.91 Å². The van der Waals surface area contributed by atoms with Gasteiger partial charge in [0.1, 0.15) is 5.82 Å². The van der Waals surface area contributed by atoms with Crippen LogP contribution in [0.3, 0.4) is 0 Å². The molecular formula is C20H22F2N2O2S. The average molecular weight is 392 g/mol. The summed E-state index contributed by atoms with van der Waals surface area (Å²) in [5, 5.41) is 7.41. The molecule has 2 heterocycles. The lowest BCUT2D eigenvalue weighted by Gasteiger charge is -2.29. The molecule has 7 heteroatoms. The lowest BCUT2D eigenvalue weighted by molar-refractivity contribution is -0.135. The number of piperidine rings is 1. The summed E-state index contributed by atoms with van der Waals surface area (Å²) in [5.74, 6) is -1.73. The van der Waals surface area contributed by atoms with Crippen LogP contribution in [0.1, 0.15) is 24.8 Å². The molecule has 27 heavy (non-hydrogen) atoms. The zero-order valence-electron chi connectivity index (χ0n) is 14.9. The molecule has 1 saturated carbocycles. The van der Waals surface area contributed by atoms with Crippen LogP contribution < -0.4 is 10.1 Å². The molecule has 4 rings (SSSR count). The largest absolute Gasteiger partial charge is 0.481 e. The van der Waals surface area contributed by atoms with Crippen molar-refractivity contribution < 1.29 is 18.3 Å². The SMILES string of the molecule is O=C(COc1ccc(F)cc1F)N(Cc1ccsc1)C1CC12CCNCC2. The van der Waals surface area contributed by atoms with E-state index in [1.807, 2.05) is 21.7 Å². The van der Waals surface area contributed by atoms with E-state index in [-0.39, 0.29) is 29.7 Å². The highest BCUT2D eigenvalue weighted by Crippen LogP contribution is 2.56. The predicted molar refractivity (Wildman–Crippen MR) is 99.7 cm³/mol. The van der Waals surface area contributed by atoms with Gasteiger partial charge in [-0.25, -0.2) is 8.78 Å². The van der Waals surface area contributed by atoms with Crippen LogP contribution in [0.25, 0.3) is 0 Å². The number of amides is 1. The fourth-order valence-corrected chi connectivity index (χ4v) is 4.65. The van der Waals surface area contributed by atoms with Crippen LogP contribution in [-0.2, 0) is 11.3 Å². The smallest absolute Gasteiger partial charge is 0.261 e. The van der Waals surface area contributed by atoms with Gasteiger partial charge in [-0.3, -0.25) is 4.79 Å². The minimum absolute atomic E-state index is 0.104. The van der Waals surface area contributed by atoms with E-state index in [4.69, 9.17) is 4.74 Å². The fraction of sp³-hybridized carbons (Fsp3) is 0.450. The second kappa shape index (κ2) is 7.56. The van der Waals surface area contributed by atoms with Gasteiger partial charge in [-0.2, -0.15) is 11.3 Å². The quantitative estimate of drug-likeness (QED) is 0.817. The van der Waals surface area contributed by atoms with Crippen molar-refractivity contribution >= 4 is 17.2 Å². The van der Waals surface area contributed by atoms with Crippen LogP contribution >= 0.6 is 11.3 Å². The maximum absolute atomic E-state index is 13.8. The van der Waals surface area contributed by atoms with Gasteiger partial charge in [0.2, 0.25) is 0 Å². The maximum atomic E-state index is 13.8. The zero-order valence-corrected chi connectivity index (χ0v) is 15.7. The number of carbonyl (C=O) groups is 1. The van der Waals surface area contributed by atoms with Crippen molar-refractivity contribution in [1.29, 1.82) is 0 Å². The molecule has 1 atom stereocenters. The van der Waals surface area contributed by atoms with Crippen molar-refractivity contribution in [2.24, 2.45) is 5.41 Å². The van der Waals surface area contributed by atoms with Crippen LogP contribution in [-0.4, -0.2) is 36.5 Å². The summed E-state index contributed by atoms with van der Waals surface area (Å²) in [5.41, 5.74) is 1.30. The summed E-state index contributed by atoms with van der Waals surface area (Å²) in [6.07, 6.45) is 3.15. The molecule has 144 valence electrons. The minimum Gasteiger partial charge on any atom is -0.481 e. The van der Waals surface area contributed by atoms with E-state index in [0.717, 1.165) is 50.0 Å². The molecule has 1 aliphatic heterocycles. The Hall–Kier alpha value is -1.99. The van der Waals surface area contributed by atoms with E-state index in [0.29, 0.717) is 6.54 Å². The second-order valence-corrected chi connectivity index (χ2v) is 8.13. The van der Waals surface area contributed by atoms with Crippen LogP contribution in [0.4, 0.5) is 8.78 Å². The first-order chi connectivity index (χ1) is 13.1. The molecule has 1 spiro atoms. The van der Waals surface area contributed by atoms with Crippen molar-refractivity contribution in [3.63, 3.8) is 0 Å².